The Morgan fingerprint density at radius 3 is 2.00 bits per heavy atom. The van der Waals surface area contributed by atoms with Crippen LogP contribution in [0.5, 0.6) is 0 Å². The summed E-state index contributed by atoms with van der Waals surface area (Å²) in [5.74, 6) is 0.698. The molecule has 0 unspecified atom stereocenters. The molecule has 0 bridgehead atoms. The third-order valence-electron chi connectivity index (χ3n) is 1.33. The molecule has 0 aliphatic carbocycles. The second-order valence-electron chi connectivity index (χ2n) is 2.60. The van der Waals surface area contributed by atoms with Gasteiger partial charge in [-0.25, -0.2) is 0 Å². The van der Waals surface area contributed by atoms with Gasteiger partial charge in [-0.3, -0.25) is 0 Å². The van der Waals surface area contributed by atoms with Gasteiger partial charge in [0, 0.05) is 9.75 Å². The van der Waals surface area contributed by atoms with E-state index in [0.717, 1.165) is 0 Å². The number of hydrogen-bond donors (Lipinski definition) is 1. The SMILES string of the molecule is CS.Cc1ccc(C(C)C)s1. The van der Waals surface area contributed by atoms with Crippen molar-refractivity contribution in [2.45, 2.75) is 26.7 Å². The molecular formula is C9H16S2. The predicted octanol–water partition coefficient (Wildman–Crippen LogP) is 3.73. The molecule has 11 heavy (non-hydrogen) atoms. The lowest BCUT2D eigenvalue weighted by molar-refractivity contribution is 0.890. The molecule has 0 radical (unpaired) electrons. The fourth-order valence-electron chi connectivity index (χ4n) is 0.764. The molecule has 0 N–H and O–H groups in total. The van der Waals surface area contributed by atoms with Crippen molar-refractivity contribution in [1.82, 2.24) is 0 Å². The molecule has 0 spiro atoms. The summed E-state index contributed by atoms with van der Waals surface area (Å²) in [4.78, 5) is 2.91. The number of aryl methyl sites for hydroxylation is 1. The highest BCUT2D eigenvalue weighted by atomic mass is 32.1. The van der Waals surface area contributed by atoms with Crippen molar-refractivity contribution in [1.29, 1.82) is 0 Å². The zero-order chi connectivity index (χ0) is 8.85. The quantitative estimate of drug-likeness (QED) is 0.638. The Kier molecular flexibility index (Phi) is 5.69. The average molecular weight is 188 g/mol. The van der Waals surface area contributed by atoms with Crippen molar-refractivity contribution in [3.63, 3.8) is 0 Å². The standard InChI is InChI=1S/C8H12S.CH4S/c1-6(2)8-5-4-7(3)9-8;1-2/h4-6H,1-3H3;2H,1H3. The molecule has 1 heterocycles. The molecule has 1 aromatic heterocycles. The first-order valence-corrected chi connectivity index (χ1v) is 5.42. The van der Waals surface area contributed by atoms with E-state index in [2.05, 4.69) is 45.5 Å². The van der Waals surface area contributed by atoms with Gasteiger partial charge in [0.1, 0.15) is 0 Å². The van der Waals surface area contributed by atoms with Gasteiger partial charge in [0.15, 0.2) is 0 Å². The lowest BCUT2D eigenvalue weighted by Crippen LogP contribution is -1.77. The topological polar surface area (TPSA) is 0 Å². The van der Waals surface area contributed by atoms with Crippen LogP contribution in [0.1, 0.15) is 29.5 Å². The first kappa shape index (κ1) is 11.1. The highest BCUT2D eigenvalue weighted by molar-refractivity contribution is 7.79. The Morgan fingerprint density at radius 2 is 1.82 bits per heavy atom. The van der Waals surface area contributed by atoms with E-state index in [0.29, 0.717) is 5.92 Å². The van der Waals surface area contributed by atoms with Crippen LogP contribution in [-0.2, 0) is 0 Å². The molecule has 0 nitrogen and oxygen atoms in total. The smallest absolute Gasteiger partial charge is 0.00735 e. The van der Waals surface area contributed by atoms with Crippen LogP contribution in [0, 0.1) is 6.92 Å². The van der Waals surface area contributed by atoms with Gasteiger partial charge in [-0.15, -0.1) is 11.3 Å². The van der Waals surface area contributed by atoms with Crippen molar-refractivity contribution >= 4 is 24.0 Å². The fourth-order valence-corrected chi connectivity index (χ4v) is 1.64. The summed E-state index contributed by atoms with van der Waals surface area (Å²) >= 11 is 5.42. The maximum atomic E-state index is 3.53. The van der Waals surface area contributed by atoms with E-state index < -0.39 is 0 Å². The second-order valence-corrected chi connectivity index (χ2v) is 3.92. The van der Waals surface area contributed by atoms with Gasteiger partial charge in [-0.2, -0.15) is 12.6 Å². The summed E-state index contributed by atoms with van der Waals surface area (Å²) in [6.07, 6.45) is 1.69. The molecule has 0 saturated carbocycles. The van der Waals surface area contributed by atoms with Crippen LogP contribution < -0.4 is 0 Å². The Balaban J connectivity index is 0.000000461. The molecule has 0 fully saturated rings. The molecule has 2 heteroatoms. The summed E-state index contributed by atoms with van der Waals surface area (Å²) in [5, 5.41) is 0. The van der Waals surface area contributed by atoms with E-state index in [1.54, 1.807) is 6.26 Å². The summed E-state index contributed by atoms with van der Waals surface area (Å²) in [6, 6.07) is 4.39. The normalized spacial score (nSPS) is 9.27. The van der Waals surface area contributed by atoms with Crippen LogP contribution in [0.4, 0.5) is 0 Å². The van der Waals surface area contributed by atoms with E-state index in [1.165, 1.54) is 9.75 Å². The summed E-state index contributed by atoms with van der Waals surface area (Å²) in [5.41, 5.74) is 0. The summed E-state index contributed by atoms with van der Waals surface area (Å²) in [6.45, 7) is 6.60. The fraction of sp³-hybridized carbons (Fsp3) is 0.556. The minimum absolute atomic E-state index is 0.698. The highest BCUT2D eigenvalue weighted by Gasteiger charge is 1.99. The van der Waals surface area contributed by atoms with Gasteiger partial charge >= 0.3 is 0 Å². The van der Waals surface area contributed by atoms with Gasteiger partial charge in [-0.05, 0) is 31.2 Å². The monoisotopic (exact) mass is 188 g/mol. The highest BCUT2D eigenvalue weighted by Crippen LogP contribution is 2.22. The second kappa shape index (κ2) is 5.67. The van der Waals surface area contributed by atoms with E-state index in [1.807, 2.05) is 11.3 Å². The van der Waals surface area contributed by atoms with Gasteiger partial charge in [0.05, 0.1) is 0 Å². The first-order chi connectivity index (χ1) is 5.20. The number of thiophene rings is 1. The van der Waals surface area contributed by atoms with Crippen LogP contribution in [0.25, 0.3) is 0 Å². The first-order valence-electron chi connectivity index (χ1n) is 3.71. The van der Waals surface area contributed by atoms with Crippen molar-refractivity contribution < 1.29 is 0 Å². The zero-order valence-corrected chi connectivity index (χ0v) is 9.30. The third-order valence-corrected chi connectivity index (χ3v) is 2.63. The minimum atomic E-state index is 0.698. The predicted molar refractivity (Wildman–Crippen MR) is 58.1 cm³/mol. The van der Waals surface area contributed by atoms with Crippen molar-refractivity contribution in [3.05, 3.63) is 21.9 Å². The summed E-state index contributed by atoms with van der Waals surface area (Å²) in [7, 11) is 0. The van der Waals surface area contributed by atoms with Crippen molar-refractivity contribution in [2.24, 2.45) is 0 Å². The lowest BCUT2D eigenvalue weighted by Gasteiger charge is -1.96. The molecule has 0 atom stereocenters. The van der Waals surface area contributed by atoms with Crippen LogP contribution in [0.3, 0.4) is 0 Å². The van der Waals surface area contributed by atoms with E-state index in [4.69, 9.17) is 0 Å². The Hall–Kier alpha value is 0.0500. The molecule has 1 rings (SSSR count). The van der Waals surface area contributed by atoms with Crippen LogP contribution in [-0.4, -0.2) is 6.26 Å². The molecule has 64 valence electrons. The van der Waals surface area contributed by atoms with E-state index >= 15 is 0 Å². The zero-order valence-electron chi connectivity index (χ0n) is 7.59. The van der Waals surface area contributed by atoms with Crippen LogP contribution in [0.15, 0.2) is 12.1 Å². The Labute approximate surface area is 79.1 Å². The number of hydrogen-bond acceptors (Lipinski definition) is 2. The number of rotatable bonds is 1. The van der Waals surface area contributed by atoms with Gasteiger partial charge in [0.2, 0.25) is 0 Å². The molecular weight excluding hydrogens is 172 g/mol. The molecule has 0 aromatic carbocycles. The lowest BCUT2D eigenvalue weighted by atomic mass is 10.2. The van der Waals surface area contributed by atoms with Crippen molar-refractivity contribution in [2.75, 3.05) is 6.26 Å². The average Bonchev–Trinajstić information content (AvgIpc) is 2.40. The van der Waals surface area contributed by atoms with Crippen molar-refractivity contribution in [3.8, 4) is 0 Å². The maximum Gasteiger partial charge on any atom is 0.00735 e. The Bertz CT molecular complexity index is 189. The third kappa shape index (κ3) is 3.82. The van der Waals surface area contributed by atoms with Gasteiger partial charge < -0.3 is 0 Å². The molecule has 0 saturated heterocycles. The van der Waals surface area contributed by atoms with E-state index in [-0.39, 0.29) is 0 Å². The Morgan fingerprint density at radius 1 is 1.27 bits per heavy atom. The molecule has 1 aromatic rings. The molecule has 0 amide bonds. The van der Waals surface area contributed by atoms with Crippen LogP contribution in [0.2, 0.25) is 0 Å². The molecule has 0 aliphatic rings. The molecule has 0 aliphatic heterocycles. The summed E-state index contributed by atoms with van der Waals surface area (Å²) < 4.78 is 0. The van der Waals surface area contributed by atoms with E-state index in [9.17, 15) is 0 Å². The van der Waals surface area contributed by atoms with Crippen LogP contribution >= 0.6 is 24.0 Å². The largest absolute Gasteiger partial charge is 0.183 e. The van der Waals surface area contributed by atoms with Gasteiger partial charge in [0.25, 0.3) is 0 Å². The minimum Gasteiger partial charge on any atom is -0.183 e. The maximum absolute atomic E-state index is 3.53. The van der Waals surface area contributed by atoms with Gasteiger partial charge in [-0.1, -0.05) is 13.8 Å². The number of thiol groups is 1.